The first-order chi connectivity index (χ1) is 11.1. The highest BCUT2D eigenvalue weighted by Crippen LogP contribution is 2.22. The van der Waals surface area contributed by atoms with E-state index in [1.165, 1.54) is 6.20 Å². The van der Waals surface area contributed by atoms with Gasteiger partial charge in [0.1, 0.15) is 11.4 Å². The van der Waals surface area contributed by atoms with Crippen LogP contribution in [0.25, 0.3) is 0 Å². The Balaban J connectivity index is 1.66. The number of rotatable bonds is 4. The van der Waals surface area contributed by atoms with Crippen molar-refractivity contribution in [3.63, 3.8) is 0 Å². The fourth-order valence-corrected chi connectivity index (χ4v) is 2.56. The number of morpholine rings is 1. The molecule has 0 saturated carbocycles. The third kappa shape index (κ3) is 3.59. The van der Waals surface area contributed by atoms with E-state index in [2.05, 4.69) is 37.5 Å². The molecule has 9 heteroatoms. The molecule has 0 aromatic carbocycles. The molecule has 2 aromatic rings. The monoisotopic (exact) mass is 336 g/mol. The third-order valence-corrected chi connectivity index (χ3v) is 3.96. The summed E-state index contributed by atoms with van der Waals surface area (Å²) in [4.78, 5) is 14.0. The van der Waals surface area contributed by atoms with Gasteiger partial charge in [-0.2, -0.15) is 10.2 Å². The van der Waals surface area contributed by atoms with Gasteiger partial charge in [-0.1, -0.05) is 11.6 Å². The molecule has 122 valence electrons. The van der Waals surface area contributed by atoms with Crippen LogP contribution in [0.1, 0.15) is 23.1 Å². The van der Waals surface area contributed by atoms with Gasteiger partial charge in [-0.25, -0.2) is 0 Å². The Bertz CT molecular complexity index is 678. The lowest BCUT2D eigenvalue weighted by Crippen LogP contribution is -2.44. The summed E-state index contributed by atoms with van der Waals surface area (Å²) in [6.45, 7) is 4.32. The highest BCUT2D eigenvalue weighted by molar-refractivity contribution is 6.31. The SMILES string of the molecule is C[C@@H]1COCCN1c1cc(Cl)c(CNC(=O)c2ccn[nH]2)nn1. The molecule has 2 N–H and O–H groups in total. The number of amides is 1. The van der Waals surface area contributed by atoms with Crippen molar-refractivity contribution < 1.29 is 9.53 Å². The predicted molar refractivity (Wildman–Crippen MR) is 84.4 cm³/mol. The molecule has 0 unspecified atom stereocenters. The number of nitrogens with zero attached hydrogens (tertiary/aromatic N) is 4. The number of aromatic nitrogens is 4. The van der Waals surface area contributed by atoms with E-state index < -0.39 is 0 Å². The van der Waals surface area contributed by atoms with Gasteiger partial charge in [0.05, 0.1) is 30.8 Å². The number of anilines is 1. The van der Waals surface area contributed by atoms with Crippen molar-refractivity contribution in [2.75, 3.05) is 24.7 Å². The average Bonchev–Trinajstić information content (AvgIpc) is 3.08. The minimum Gasteiger partial charge on any atom is -0.377 e. The molecule has 0 aliphatic carbocycles. The topological polar surface area (TPSA) is 96.0 Å². The second-order valence-electron chi connectivity index (χ2n) is 5.27. The maximum absolute atomic E-state index is 11.9. The van der Waals surface area contributed by atoms with Crippen LogP contribution in [0.15, 0.2) is 18.3 Å². The number of halogens is 1. The molecule has 1 saturated heterocycles. The van der Waals surface area contributed by atoms with Gasteiger partial charge in [-0.05, 0) is 13.0 Å². The van der Waals surface area contributed by atoms with Gasteiger partial charge >= 0.3 is 0 Å². The van der Waals surface area contributed by atoms with Crippen LogP contribution in [0.3, 0.4) is 0 Å². The van der Waals surface area contributed by atoms with Crippen LogP contribution < -0.4 is 10.2 Å². The summed E-state index contributed by atoms with van der Waals surface area (Å²) >= 11 is 6.27. The number of hydrogen-bond donors (Lipinski definition) is 2. The van der Waals surface area contributed by atoms with E-state index in [9.17, 15) is 4.79 Å². The molecule has 1 aliphatic rings. The van der Waals surface area contributed by atoms with Crippen LogP contribution in [-0.2, 0) is 11.3 Å². The average molecular weight is 337 g/mol. The number of aromatic amines is 1. The van der Waals surface area contributed by atoms with E-state index in [1.54, 1.807) is 12.1 Å². The zero-order valence-electron chi connectivity index (χ0n) is 12.6. The van der Waals surface area contributed by atoms with E-state index in [0.717, 1.165) is 12.4 Å². The maximum Gasteiger partial charge on any atom is 0.269 e. The normalized spacial score (nSPS) is 18.0. The summed E-state index contributed by atoms with van der Waals surface area (Å²) < 4.78 is 5.41. The summed E-state index contributed by atoms with van der Waals surface area (Å²) in [6, 6.07) is 3.58. The van der Waals surface area contributed by atoms with Gasteiger partial charge in [0.2, 0.25) is 0 Å². The standard InChI is InChI=1S/C14H17ClN6O2/c1-9-8-23-5-4-21(9)13-6-10(15)12(19-20-13)7-16-14(22)11-2-3-17-18-11/h2-3,6,9H,4-5,7-8H2,1H3,(H,16,22)(H,17,18)/t9-/m1/s1. The second kappa shape index (κ2) is 6.93. The van der Waals surface area contributed by atoms with Crippen molar-refractivity contribution in [1.82, 2.24) is 25.7 Å². The molecule has 8 nitrogen and oxygen atoms in total. The van der Waals surface area contributed by atoms with E-state index in [4.69, 9.17) is 16.3 Å². The number of hydrogen-bond acceptors (Lipinski definition) is 6. The molecule has 1 aliphatic heterocycles. The lowest BCUT2D eigenvalue weighted by atomic mass is 10.2. The first-order valence-corrected chi connectivity index (χ1v) is 7.67. The summed E-state index contributed by atoms with van der Waals surface area (Å²) in [5.74, 6) is 0.445. The van der Waals surface area contributed by atoms with Crippen LogP contribution in [0.2, 0.25) is 5.02 Å². The maximum atomic E-state index is 11.9. The van der Waals surface area contributed by atoms with Gasteiger partial charge < -0.3 is 15.0 Å². The molecular weight excluding hydrogens is 320 g/mol. The molecule has 3 rings (SSSR count). The van der Waals surface area contributed by atoms with Crippen LogP contribution in [0, 0.1) is 0 Å². The van der Waals surface area contributed by atoms with Crippen molar-refractivity contribution in [2.24, 2.45) is 0 Å². The Labute approximate surface area is 138 Å². The van der Waals surface area contributed by atoms with Gasteiger partial charge in [0.15, 0.2) is 5.82 Å². The number of nitrogens with one attached hydrogen (secondary N) is 2. The Morgan fingerprint density at radius 1 is 1.57 bits per heavy atom. The zero-order chi connectivity index (χ0) is 16.2. The van der Waals surface area contributed by atoms with Gasteiger partial charge in [0, 0.05) is 18.8 Å². The summed E-state index contributed by atoms with van der Waals surface area (Å²) in [5.41, 5.74) is 0.900. The summed E-state index contributed by atoms with van der Waals surface area (Å²) in [7, 11) is 0. The lowest BCUT2D eigenvalue weighted by Gasteiger charge is -2.33. The first-order valence-electron chi connectivity index (χ1n) is 7.29. The van der Waals surface area contributed by atoms with Crippen LogP contribution in [0.4, 0.5) is 5.82 Å². The van der Waals surface area contributed by atoms with Crippen molar-refractivity contribution in [3.05, 3.63) is 34.7 Å². The fraction of sp³-hybridized carbons (Fsp3) is 0.429. The van der Waals surface area contributed by atoms with Crippen LogP contribution >= 0.6 is 11.6 Å². The number of carbonyl (C=O) groups is 1. The number of ether oxygens (including phenoxy) is 1. The van der Waals surface area contributed by atoms with Gasteiger partial charge in [0.25, 0.3) is 5.91 Å². The first kappa shape index (κ1) is 15.7. The Morgan fingerprint density at radius 2 is 2.43 bits per heavy atom. The Morgan fingerprint density at radius 3 is 3.13 bits per heavy atom. The minimum absolute atomic E-state index is 0.197. The lowest BCUT2D eigenvalue weighted by molar-refractivity contribution is 0.0945. The summed E-state index contributed by atoms with van der Waals surface area (Å²) in [6.07, 6.45) is 1.51. The van der Waals surface area contributed by atoms with Crippen molar-refractivity contribution in [3.8, 4) is 0 Å². The Kier molecular flexibility index (Phi) is 4.73. The molecule has 1 amide bonds. The van der Waals surface area contributed by atoms with E-state index in [0.29, 0.717) is 29.6 Å². The highest BCUT2D eigenvalue weighted by Gasteiger charge is 2.21. The van der Waals surface area contributed by atoms with E-state index >= 15 is 0 Å². The van der Waals surface area contributed by atoms with Crippen LogP contribution in [0.5, 0.6) is 0 Å². The molecule has 23 heavy (non-hydrogen) atoms. The van der Waals surface area contributed by atoms with Gasteiger partial charge in [-0.3, -0.25) is 9.89 Å². The van der Waals surface area contributed by atoms with Crippen LogP contribution in [-0.4, -0.2) is 52.1 Å². The molecular formula is C14H17ClN6O2. The number of carbonyl (C=O) groups excluding carboxylic acids is 1. The summed E-state index contributed by atoms with van der Waals surface area (Å²) in [5, 5.41) is 17.9. The minimum atomic E-state index is -0.272. The molecule has 0 radical (unpaired) electrons. The van der Waals surface area contributed by atoms with Crippen molar-refractivity contribution in [1.29, 1.82) is 0 Å². The molecule has 2 aromatic heterocycles. The quantitative estimate of drug-likeness (QED) is 0.865. The Hall–Kier alpha value is -2.19. The van der Waals surface area contributed by atoms with E-state index in [-0.39, 0.29) is 18.5 Å². The molecule has 1 fully saturated rings. The molecule has 0 bridgehead atoms. The largest absolute Gasteiger partial charge is 0.377 e. The predicted octanol–water partition coefficient (Wildman–Crippen LogP) is 1.01. The van der Waals surface area contributed by atoms with Crippen molar-refractivity contribution >= 4 is 23.3 Å². The molecule has 0 spiro atoms. The second-order valence-corrected chi connectivity index (χ2v) is 5.67. The molecule has 3 heterocycles. The van der Waals surface area contributed by atoms with E-state index in [1.807, 2.05) is 0 Å². The fourth-order valence-electron chi connectivity index (χ4n) is 2.35. The smallest absolute Gasteiger partial charge is 0.269 e. The zero-order valence-corrected chi connectivity index (χ0v) is 13.4. The third-order valence-electron chi connectivity index (χ3n) is 3.63. The molecule has 1 atom stereocenters. The van der Waals surface area contributed by atoms with Crippen molar-refractivity contribution in [2.45, 2.75) is 19.5 Å². The highest BCUT2D eigenvalue weighted by atomic mass is 35.5. The number of H-pyrrole nitrogens is 1. The van der Waals surface area contributed by atoms with Gasteiger partial charge in [-0.15, -0.1) is 5.10 Å².